The van der Waals surface area contributed by atoms with Crippen LogP contribution in [0.2, 0.25) is 0 Å². The van der Waals surface area contributed by atoms with E-state index in [-0.39, 0.29) is 0 Å². The molecule has 0 N–H and O–H groups in total. The Bertz CT molecular complexity index is 329. The Morgan fingerprint density at radius 3 is 2.71 bits per heavy atom. The minimum Gasteiger partial charge on any atom is -0.488 e. The van der Waals surface area contributed by atoms with E-state index in [4.69, 9.17) is 4.74 Å². The first-order valence-corrected chi connectivity index (χ1v) is 5.30. The van der Waals surface area contributed by atoms with E-state index < -0.39 is 0 Å². The third kappa shape index (κ3) is 1.89. The first-order chi connectivity index (χ1) is 6.68. The van der Waals surface area contributed by atoms with E-state index in [1.807, 2.05) is 13.1 Å². The second-order valence-electron chi connectivity index (χ2n) is 4.29. The van der Waals surface area contributed by atoms with Crippen LogP contribution < -0.4 is 4.74 Å². The molecule has 2 heteroatoms. The van der Waals surface area contributed by atoms with E-state index >= 15 is 0 Å². The maximum Gasteiger partial charge on any atom is 0.144 e. The molecule has 0 bridgehead atoms. The molecule has 0 aromatic carbocycles. The normalized spacial score (nSPS) is 16.0. The summed E-state index contributed by atoms with van der Waals surface area (Å²) in [5.74, 6) is 1.52. The molecule has 2 nitrogen and oxygen atoms in total. The summed E-state index contributed by atoms with van der Waals surface area (Å²) >= 11 is 0. The summed E-state index contributed by atoms with van der Waals surface area (Å²) in [5, 5.41) is 0. The summed E-state index contributed by atoms with van der Waals surface area (Å²) < 4.78 is 5.89. The average molecular weight is 191 g/mol. The Morgan fingerprint density at radius 2 is 2.14 bits per heavy atom. The van der Waals surface area contributed by atoms with Crippen molar-refractivity contribution in [1.82, 2.24) is 4.98 Å². The van der Waals surface area contributed by atoms with E-state index in [1.165, 1.54) is 18.4 Å². The van der Waals surface area contributed by atoms with Crippen LogP contribution in [0.4, 0.5) is 0 Å². The maximum atomic E-state index is 5.89. The SMILES string of the molecule is Cc1nccc(C(C)C)c1OC1CC1. The van der Waals surface area contributed by atoms with Crippen molar-refractivity contribution in [3.8, 4) is 5.75 Å². The fourth-order valence-corrected chi connectivity index (χ4v) is 1.53. The van der Waals surface area contributed by atoms with Crippen LogP contribution in [0.5, 0.6) is 5.75 Å². The van der Waals surface area contributed by atoms with Crippen LogP contribution in [-0.2, 0) is 0 Å². The zero-order chi connectivity index (χ0) is 10.1. The minimum atomic E-state index is 0.454. The predicted molar refractivity (Wildman–Crippen MR) is 56.7 cm³/mol. The molecule has 0 atom stereocenters. The number of hydrogen-bond donors (Lipinski definition) is 0. The minimum absolute atomic E-state index is 0.454. The number of hydrogen-bond acceptors (Lipinski definition) is 2. The summed E-state index contributed by atoms with van der Waals surface area (Å²) in [4.78, 5) is 4.28. The first-order valence-electron chi connectivity index (χ1n) is 5.30. The lowest BCUT2D eigenvalue weighted by Crippen LogP contribution is -2.04. The quantitative estimate of drug-likeness (QED) is 0.732. The van der Waals surface area contributed by atoms with Crippen LogP contribution in [0.15, 0.2) is 12.3 Å². The summed E-state index contributed by atoms with van der Waals surface area (Å²) in [6.07, 6.45) is 4.72. The second-order valence-corrected chi connectivity index (χ2v) is 4.29. The first kappa shape index (κ1) is 9.50. The fourth-order valence-electron chi connectivity index (χ4n) is 1.53. The summed E-state index contributed by atoms with van der Waals surface area (Å²) in [7, 11) is 0. The molecule has 1 aliphatic rings. The van der Waals surface area contributed by atoms with Crippen molar-refractivity contribution >= 4 is 0 Å². The van der Waals surface area contributed by atoms with Crippen molar-refractivity contribution in [3.05, 3.63) is 23.5 Å². The fraction of sp³-hybridized carbons (Fsp3) is 0.583. The average Bonchev–Trinajstić information content (AvgIpc) is 2.91. The van der Waals surface area contributed by atoms with Gasteiger partial charge in [0.25, 0.3) is 0 Å². The highest BCUT2D eigenvalue weighted by molar-refractivity contribution is 5.38. The summed E-state index contributed by atoms with van der Waals surface area (Å²) in [6, 6.07) is 2.06. The highest BCUT2D eigenvalue weighted by Gasteiger charge is 2.25. The Morgan fingerprint density at radius 1 is 1.43 bits per heavy atom. The van der Waals surface area contributed by atoms with Gasteiger partial charge >= 0.3 is 0 Å². The number of rotatable bonds is 3. The Labute approximate surface area is 85.3 Å². The maximum absolute atomic E-state index is 5.89. The lowest BCUT2D eigenvalue weighted by atomic mass is 10.0. The molecule has 0 unspecified atom stereocenters. The van der Waals surface area contributed by atoms with Crippen LogP contribution in [0.25, 0.3) is 0 Å². The molecule has 1 heterocycles. The molecule has 0 spiro atoms. The molecule has 76 valence electrons. The van der Waals surface area contributed by atoms with Gasteiger partial charge in [-0.3, -0.25) is 4.98 Å². The van der Waals surface area contributed by atoms with Crippen molar-refractivity contribution in [2.75, 3.05) is 0 Å². The standard InChI is InChI=1S/C12H17NO/c1-8(2)11-6-7-13-9(3)12(11)14-10-4-5-10/h6-8,10H,4-5H2,1-3H3. The van der Waals surface area contributed by atoms with Gasteiger partial charge in [0.15, 0.2) is 0 Å². The topological polar surface area (TPSA) is 22.1 Å². The zero-order valence-electron chi connectivity index (χ0n) is 9.08. The molecular weight excluding hydrogens is 174 g/mol. The van der Waals surface area contributed by atoms with Gasteiger partial charge in [-0.15, -0.1) is 0 Å². The zero-order valence-corrected chi connectivity index (χ0v) is 9.08. The Kier molecular flexibility index (Phi) is 2.44. The number of nitrogens with zero attached hydrogens (tertiary/aromatic N) is 1. The van der Waals surface area contributed by atoms with E-state index in [0.29, 0.717) is 12.0 Å². The van der Waals surface area contributed by atoms with Gasteiger partial charge in [0, 0.05) is 11.8 Å². The molecule has 0 aliphatic heterocycles. The third-order valence-corrected chi connectivity index (χ3v) is 2.54. The predicted octanol–water partition coefficient (Wildman–Crippen LogP) is 3.05. The number of ether oxygens (including phenoxy) is 1. The van der Waals surface area contributed by atoms with Crippen LogP contribution >= 0.6 is 0 Å². The molecule has 1 fully saturated rings. The van der Waals surface area contributed by atoms with Crippen LogP contribution in [0, 0.1) is 6.92 Å². The van der Waals surface area contributed by atoms with Crippen molar-refractivity contribution < 1.29 is 4.74 Å². The number of aromatic nitrogens is 1. The molecule has 14 heavy (non-hydrogen) atoms. The largest absolute Gasteiger partial charge is 0.488 e. The van der Waals surface area contributed by atoms with E-state index in [9.17, 15) is 0 Å². The van der Waals surface area contributed by atoms with Crippen molar-refractivity contribution in [3.63, 3.8) is 0 Å². The van der Waals surface area contributed by atoms with Gasteiger partial charge in [-0.25, -0.2) is 0 Å². The van der Waals surface area contributed by atoms with E-state index in [1.54, 1.807) is 0 Å². The molecule has 0 saturated heterocycles. The lowest BCUT2D eigenvalue weighted by Gasteiger charge is -2.15. The molecule has 0 amide bonds. The van der Waals surface area contributed by atoms with Crippen LogP contribution in [0.1, 0.15) is 43.9 Å². The molecule has 1 aliphatic carbocycles. The molecule has 1 aromatic heterocycles. The Hall–Kier alpha value is -1.05. The van der Waals surface area contributed by atoms with Gasteiger partial charge in [-0.2, -0.15) is 0 Å². The van der Waals surface area contributed by atoms with Crippen LogP contribution in [-0.4, -0.2) is 11.1 Å². The van der Waals surface area contributed by atoms with Crippen molar-refractivity contribution in [1.29, 1.82) is 0 Å². The second kappa shape index (κ2) is 3.60. The molecule has 1 saturated carbocycles. The van der Waals surface area contributed by atoms with Gasteiger partial charge in [0.05, 0.1) is 11.8 Å². The van der Waals surface area contributed by atoms with E-state index in [0.717, 1.165) is 11.4 Å². The van der Waals surface area contributed by atoms with Gasteiger partial charge < -0.3 is 4.74 Å². The van der Waals surface area contributed by atoms with Gasteiger partial charge in [0.1, 0.15) is 5.75 Å². The smallest absolute Gasteiger partial charge is 0.144 e. The third-order valence-electron chi connectivity index (χ3n) is 2.54. The van der Waals surface area contributed by atoms with Crippen molar-refractivity contribution in [2.24, 2.45) is 0 Å². The van der Waals surface area contributed by atoms with Crippen molar-refractivity contribution in [2.45, 2.75) is 45.6 Å². The highest BCUT2D eigenvalue weighted by Crippen LogP contribution is 2.33. The molecule has 2 rings (SSSR count). The van der Waals surface area contributed by atoms with E-state index in [2.05, 4.69) is 24.9 Å². The van der Waals surface area contributed by atoms with Gasteiger partial charge in [0.2, 0.25) is 0 Å². The summed E-state index contributed by atoms with van der Waals surface area (Å²) in [6.45, 7) is 6.40. The van der Waals surface area contributed by atoms with Gasteiger partial charge in [-0.1, -0.05) is 13.8 Å². The van der Waals surface area contributed by atoms with Crippen LogP contribution in [0.3, 0.4) is 0 Å². The number of aryl methyl sites for hydroxylation is 1. The monoisotopic (exact) mass is 191 g/mol. The molecule has 1 aromatic rings. The Balaban J connectivity index is 2.31. The molecular formula is C12H17NO. The number of pyridine rings is 1. The summed E-state index contributed by atoms with van der Waals surface area (Å²) in [5.41, 5.74) is 2.30. The van der Waals surface area contributed by atoms with Gasteiger partial charge in [-0.05, 0) is 31.7 Å². The molecule has 0 radical (unpaired) electrons. The highest BCUT2D eigenvalue weighted by atomic mass is 16.5. The lowest BCUT2D eigenvalue weighted by molar-refractivity contribution is 0.295.